The van der Waals surface area contributed by atoms with E-state index in [1.807, 2.05) is 85.8 Å². The van der Waals surface area contributed by atoms with Gasteiger partial charge in [-0.1, -0.05) is 85.8 Å². The predicted octanol–water partition coefficient (Wildman–Crippen LogP) is 4.60. The lowest BCUT2D eigenvalue weighted by Gasteiger charge is -2.17. The molecular formula is C24H25NO2. The Hall–Kier alpha value is -2.91. The van der Waals surface area contributed by atoms with Crippen LogP contribution in [-0.2, 0) is 13.0 Å². The number of carbonyl (C=O) groups is 1. The lowest BCUT2D eigenvalue weighted by molar-refractivity contribution is 0.0949. The van der Waals surface area contributed by atoms with E-state index in [9.17, 15) is 9.90 Å². The maximum atomic E-state index is 13.1. The first-order chi connectivity index (χ1) is 13.2. The lowest BCUT2D eigenvalue weighted by atomic mass is 9.91. The smallest absolute Gasteiger partial charge is 0.252 e. The number of aliphatic hydroxyl groups excluding tert-OH is 1. The molecule has 3 heteroatoms. The quantitative estimate of drug-likeness (QED) is 0.648. The van der Waals surface area contributed by atoms with E-state index in [2.05, 4.69) is 5.32 Å². The van der Waals surface area contributed by atoms with Gasteiger partial charge >= 0.3 is 0 Å². The Balaban J connectivity index is 1.95. The van der Waals surface area contributed by atoms with Crippen LogP contribution in [0.15, 0.2) is 78.9 Å². The highest BCUT2D eigenvalue weighted by Crippen LogP contribution is 2.27. The Morgan fingerprint density at radius 3 is 2.26 bits per heavy atom. The van der Waals surface area contributed by atoms with Crippen molar-refractivity contribution in [2.45, 2.75) is 32.4 Å². The summed E-state index contributed by atoms with van der Waals surface area (Å²) in [5, 5.41) is 13.2. The van der Waals surface area contributed by atoms with Gasteiger partial charge in [-0.2, -0.15) is 0 Å². The topological polar surface area (TPSA) is 49.3 Å². The highest BCUT2D eigenvalue weighted by atomic mass is 16.3. The third-order valence-electron chi connectivity index (χ3n) is 4.69. The number of rotatable bonds is 7. The van der Waals surface area contributed by atoms with Gasteiger partial charge in [-0.05, 0) is 35.1 Å². The molecule has 0 saturated carbocycles. The molecule has 2 N–H and O–H groups in total. The van der Waals surface area contributed by atoms with Crippen molar-refractivity contribution in [2.24, 2.45) is 0 Å². The van der Waals surface area contributed by atoms with Crippen molar-refractivity contribution in [1.82, 2.24) is 5.32 Å². The molecule has 0 saturated heterocycles. The minimum atomic E-state index is -0.461. The molecule has 1 atom stereocenters. The molecule has 0 aliphatic heterocycles. The molecule has 3 aromatic carbocycles. The number of amides is 1. The summed E-state index contributed by atoms with van der Waals surface area (Å²) in [6, 6.07) is 25.6. The van der Waals surface area contributed by atoms with Crippen LogP contribution in [0.2, 0.25) is 0 Å². The Morgan fingerprint density at radius 1 is 0.926 bits per heavy atom. The van der Waals surface area contributed by atoms with Crippen molar-refractivity contribution in [3.63, 3.8) is 0 Å². The number of hydrogen-bond donors (Lipinski definition) is 2. The molecular weight excluding hydrogens is 334 g/mol. The zero-order valence-electron chi connectivity index (χ0n) is 15.6. The van der Waals surface area contributed by atoms with Crippen molar-refractivity contribution in [1.29, 1.82) is 0 Å². The highest BCUT2D eigenvalue weighted by molar-refractivity contribution is 6.02. The Kier molecular flexibility index (Phi) is 6.39. The molecule has 27 heavy (non-hydrogen) atoms. The second-order valence-electron chi connectivity index (χ2n) is 6.64. The zero-order valence-corrected chi connectivity index (χ0v) is 15.6. The first-order valence-electron chi connectivity index (χ1n) is 9.36. The van der Waals surface area contributed by atoms with Gasteiger partial charge in [0.05, 0.1) is 11.7 Å². The summed E-state index contributed by atoms with van der Waals surface area (Å²) in [7, 11) is 0. The van der Waals surface area contributed by atoms with Crippen LogP contribution in [0.5, 0.6) is 0 Å². The molecule has 0 aromatic heterocycles. The number of hydrogen-bond acceptors (Lipinski definition) is 2. The summed E-state index contributed by atoms with van der Waals surface area (Å²) in [5.74, 6) is -0.114. The van der Waals surface area contributed by atoms with Gasteiger partial charge in [0, 0.05) is 6.54 Å². The molecule has 138 valence electrons. The molecule has 1 unspecified atom stereocenters. The monoisotopic (exact) mass is 359 g/mol. The highest BCUT2D eigenvalue weighted by Gasteiger charge is 2.19. The summed E-state index contributed by atoms with van der Waals surface area (Å²) >= 11 is 0. The maximum Gasteiger partial charge on any atom is 0.252 e. The van der Waals surface area contributed by atoms with Gasteiger partial charge in [-0.25, -0.2) is 0 Å². The summed E-state index contributed by atoms with van der Waals surface area (Å²) in [5.41, 5.74) is 4.46. The minimum absolute atomic E-state index is 0.114. The molecule has 0 spiro atoms. The fourth-order valence-electron chi connectivity index (χ4n) is 3.16. The Labute approximate surface area is 160 Å². The van der Waals surface area contributed by atoms with E-state index in [4.69, 9.17) is 0 Å². The Morgan fingerprint density at radius 2 is 1.59 bits per heavy atom. The first-order valence-corrected chi connectivity index (χ1v) is 9.36. The van der Waals surface area contributed by atoms with Crippen LogP contribution in [0.25, 0.3) is 11.1 Å². The number of aliphatic hydroxyl groups is 1. The maximum absolute atomic E-state index is 13.1. The van der Waals surface area contributed by atoms with Gasteiger partial charge in [0.25, 0.3) is 5.91 Å². The average Bonchev–Trinajstić information content (AvgIpc) is 2.73. The van der Waals surface area contributed by atoms with E-state index in [1.54, 1.807) is 0 Å². The second-order valence-corrected chi connectivity index (χ2v) is 6.64. The van der Waals surface area contributed by atoms with Gasteiger partial charge in [0.1, 0.15) is 0 Å². The molecule has 0 heterocycles. The third-order valence-corrected chi connectivity index (χ3v) is 4.69. The standard InChI is InChI=1S/C24H25NO2/c1-2-21(26)16-20-14-9-15-22(19-12-7-4-8-13-19)23(20)24(27)25-17-18-10-5-3-6-11-18/h3-15,21,26H,2,16-17H2,1H3,(H,25,27). The average molecular weight is 359 g/mol. The lowest BCUT2D eigenvalue weighted by Crippen LogP contribution is -2.25. The van der Waals surface area contributed by atoms with E-state index in [0.29, 0.717) is 24.9 Å². The van der Waals surface area contributed by atoms with E-state index < -0.39 is 6.10 Å². The van der Waals surface area contributed by atoms with Crippen molar-refractivity contribution >= 4 is 5.91 Å². The van der Waals surface area contributed by atoms with Crippen LogP contribution in [0.3, 0.4) is 0 Å². The summed E-state index contributed by atoms with van der Waals surface area (Å²) in [6.07, 6.45) is 0.656. The molecule has 3 rings (SSSR count). The normalized spacial score (nSPS) is 11.8. The zero-order chi connectivity index (χ0) is 19.1. The molecule has 3 nitrogen and oxygen atoms in total. The van der Waals surface area contributed by atoms with Gasteiger partial charge < -0.3 is 10.4 Å². The summed E-state index contributed by atoms with van der Waals surface area (Å²) < 4.78 is 0. The van der Waals surface area contributed by atoms with Crippen LogP contribution in [-0.4, -0.2) is 17.1 Å². The van der Waals surface area contributed by atoms with Crippen LogP contribution < -0.4 is 5.32 Å². The molecule has 3 aromatic rings. The van der Waals surface area contributed by atoms with Crippen LogP contribution in [0.4, 0.5) is 0 Å². The fraction of sp³-hybridized carbons (Fsp3) is 0.208. The fourth-order valence-corrected chi connectivity index (χ4v) is 3.16. The SMILES string of the molecule is CCC(O)Cc1cccc(-c2ccccc2)c1C(=O)NCc1ccccc1. The Bertz CT molecular complexity index is 875. The first kappa shape index (κ1) is 18.9. The van der Waals surface area contributed by atoms with Crippen molar-refractivity contribution < 1.29 is 9.90 Å². The largest absolute Gasteiger partial charge is 0.393 e. The van der Waals surface area contributed by atoms with Crippen LogP contribution in [0, 0.1) is 0 Å². The van der Waals surface area contributed by atoms with Gasteiger partial charge in [0.15, 0.2) is 0 Å². The number of benzene rings is 3. The third kappa shape index (κ3) is 4.83. The van der Waals surface area contributed by atoms with E-state index in [1.165, 1.54) is 0 Å². The predicted molar refractivity (Wildman–Crippen MR) is 109 cm³/mol. The van der Waals surface area contributed by atoms with E-state index in [0.717, 1.165) is 22.3 Å². The molecule has 0 fully saturated rings. The summed E-state index contributed by atoms with van der Waals surface area (Å²) in [4.78, 5) is 13.1. The summed E-state index contributed by atoms with van der Waals surface area (Å²) in [6.45, 7) is 2.42. The number of carbonyl (C=O) groups excluding carboxylic acids is 1. The van der Waals surface area contributed by atoms with Gasteiger partial charge in [-0.15, -0.1) is 0 Å². The van der Waals surface area contributed by atoms with Crippen LogP contribution >= 0.6 is 0 Å². The molecule has 1 amide bonds. The van der Waals surface area contributed by atoms with Crippen LogP contribution in [0.1, 0.15) is 34.8 Å². The van der Waals surface area contributed by atoms with E-state index >= 15 is 0 Å². The molecule has 0 radical (unpaired) electrons. The molecule has 0 aliphatic rings. The van der Waals surface area contributed by atoms with Gasteiger partial charge in [-0.3, -0.25) is 4.79 Å². The molecule has 0 bridgehead atoms. The second kappa shape index (κ2) is 9.15. The van der Waals surface area contributed by atoms with E-state index in [-0.39, 0.29) is 5.91 Å². The number of nitrogens with one attached hydrogen (secondary N) is 1. The van der Waals surface area contributed by atoms with Crippen molar-refractivity contribution in [3.05, 3.63) is 95.6 Å². The van der Waals surface area contributed by atoms with Crippen molar-refractivity contribution in [2.75, 3.05) is 0 Å². The van der Waals surface area contributed by atoms with Gasteiger partial charge in [0.2, 0.25) is 0 Å². The minimum Gasteiger partial charge on any atom is -0.393 e. The molecule has 0 aliphatic carbocycles. The van der Waals surface area contributed by atoms with Crippen molar-refractivity contribution in [3.8, 4) is 11.1 Å².